The van der Waals surface area contributed by atoms with E-state index in [4.69, 9.17) is 4.74 Å². The first-order valence-corrected chi connectivity index (χ1v) is 5.93. The molecule has 0 aromatic heterocycles. The number of rotatable bonds is 6. The number of carbonyl (C=O) groups is 1. The summed E-state index contributed by atoms with van der Waals surface area (Å²) >= 11 is 0. The lowest BCUT2D eigenvalue weighted by Crippen LogP contribution is -2.35. The van der Waals surface area contributed by atoms with Crippen molar-refractivity contribution in [2.75, 3.05) is 34.3 Å². The second kappa shape index (κ2) is 5.82. The predicted octanol–water partition coefficient (Wildman–Crippen LogP) is 2.36. The van der Waals surface area contributed by atoms with Crippen LogP contribution in [0.2, 0.25) is 0 Å². The van der Waals surface area contributed by atoms with Crippen molar-refractivity contribution in [3.8, 4) is 5.75 Å². The summed E-state index contributed by atoms with van der Waals surface area (Å²) in [6.45, 7) is 3.37. The van der Waals surface area contributed by atoms with Gasteiger partial charge in [-0.15, -0.1) is 0 Å². The zero-order valence-corrected chi connectivity index (χ0v) is 11.2. The van der Waals surface area contributed by atoms with Crippen LogP contribution in [0.3, 0.4) is 0 Å². The van der Waals surface area contributed by atoms with Gasteiger partial charge in [0.2, 0.25) is 0 Å². The van der Waals surface area contributed by atoms with E-state index in [0.29, 0.717) is 0 Å². The number of quaternary nitrogens is 1. The first-order valence-electron chi connectivity index (χ1n) is 5.93. The van der Waals surface area contributed by atoms with Gasteiger partial charge in [0.15, 0.2) is 5.78 Å². The zero-order valence-electron chi connectivity index (χ0n) is 11.2. The molecule has 0 spiro atoms. The number of ketones is 1. The highest BCUT2D eigenvalue weighted by molar-refractivity contribution is 5.94. The van der Waals surface area contributed by atoms with Crippen LogP contribution in [0.4, 0.5) is 0 Å². The molecule has 0 aliphatic rings. The van der Waals surface area contributed by atoms with Crippen molar-refractivity contribution in [3.63, 3.8) is 0 Å². The van der Waals surface area contributed by atoms with Crippen molar-refractivity contribution in [3.05, 3.63) is 29.8 Å². The maximum atomic E-state index is 11.1. The average Bonchev–Trinajstić information content (AvgIpc) is 2.24. The lowest BCUT2D eigenvalue weighted by molar-refractivity contribution is -0.870. The molecule has 0 amide bonds. The van der Waals surface area contributed by atoms with Crippen molar-refractivity contribution in [1.29, 1.82) is 0 Å². The highest BCUT2D eigenvalue weighted by Crippen LogP contribution is 2.12. The van der Waals surface area contributed by atoms with Gasteiger partial charge in [0, 0.05) is 12.0 Å². The van der Waals surface area contributed by atoms with Crippen LogP contribution in [-0.4, -0.2) is 44.6 Å². The molecule has 1 rings (SSSR count). The maximum Gasteiger partial charge on any atom is 0.159 e. The van der Waals surface area contributed by atoms with E-state index in [1.54, 1.807) is 19.1 Å². The first kappa shape index (κ1) is 13.7. The summed E-state index contributed by atoms with van der Waals surface area (Å²) in [5, 5.41) is 0. The normalized spacial score (nSPS) is 11.3. The van der Waals surface area contributed by atoms with E-state index in [1.165, 1.54) is 0 Å². The molecule has 0 N–H and O–H groups in total. The SMILES string of the molecule is CC(=O)c1ccc(OCCC[N+](C)(C)C)cc1. The number of ether oxygens (including phenoxy) is 1. The van der Waals surface area contributed by atoms with Gasteiger partial charge in [-0.1, -0.05) is 0 Å². The molecule has 0 saturated carbocycles. The topological polar surface area (TPSA) is 26.3 Å². The van der Waals surface area contributed by atoms with Gasteiger partial charge < -0.3 is 9.22 Å². The van der Waals surface area contributed by atoms with Crippen LogP contribution in [-0.2, 0) is 0 Å². The van der Waals surface area contributed by atoms with E-state index in [9.17, 15) is 4.79 Å². The maximum absolute atomic E-state index is 11.1. The lowest BCUT2D eigenvalue weighted by Gasteiger charge is -2.23. The minimum atomic E-state index is 0.0848. The molecule has 94 valence electrons. The summed E-state index contributed by atoms with van der Waals surface area (Å²) in [6.07, 6.45) is 1.03. The van der Waals surface area contributed by atoms with Crippen LogP contribution in [0.5, 0.6) is 5.75 Å². The second-order valence-electron chi connectivity index (χ2n) is 5.30. The van der Waals surface area contributed by atoms with Crippen LogP contribution < -0.4 is 4.74 Å². The number of hydrogen-bond donors (Lipinski definition) is 0. The molecule has 0 fully saturated rings. The predicted molar refractivity (Wildman–Crippen MR) is 69.5 cm³/mol. The molecule has 1 aromatic rings. The van der Waals surface area contributed by atoms with Gasteiger partial charge in [0.05, 0.1) is 34.3 Å². The summed E-state index contributed by atoms with van der Waals surface area (Å²) in [6, 6.07) is 7.31. The van der Waals surface area contributed by atoms with Gasteiger partial charge in [-0.2, -0.15) is 0 Å². The Morgan fingerprint density at radius 2 is 1.76 bits per heavy atom. The summed E-state index contributed by atoms with van der Waals surface area (Å²) in [4.78, 5) is 11.1. The van der Waals surface area contributed by atoms with E-state index in [2.05, 4.69) is 21.1 Å². The fourth-order valence-corrected chi connectivity index (χ4v) is 1.51. The standard InChI is InChI=1S/C14H22NO2/c1-12(16)13-6-8-14(9-7-13)17-11-5-10-15(2,3)4/h6-9H,5,10-11H2,1-4H3/q+1. The molecular weight excluding hydrogens is 214 g/mol. The summed E-state index contributed by atoms with van der Waals surface area (Å²) in [5.41, 5.74) is 0.726. The molecular formula is C14H22NO2+. The summed E-state index contributed by atoms with van der Waals surface area (Å²) in [5.74, 6) is 0.915. The Kier molecular flexibility index (Phi) is 4.70. The zero-order chi connectivity index (χ0) is 12.9. The quantitative estimate of drug-likeness (QED) is 0.430. The Hall–Kier alpha value is -1.35. The van der Waals surface area contributed by atoms with Gasteiger partial charge in [-0.05, 0) is 31.2 Å². The second-order valence-corrected chi connectivity index (χ2v) is 5.30. The molecule has 0 aliphatic carbocycles. The molecule has 0 aliphatic heterocycles. The fourth-order valence-electron chi connectivity index (χ4n) is 1.51. The van der Waals surface area contributed by atoms with Crippen molar-refractivity contribution >= 4 is 5.78 Å². The Labute approximate surface area is 104 Å². The molecule has 0 saturated heterocycles. The molecule has 0 atom stereocenters. The van der Waals surface area contributed by atoms with Gasteiger partial charge >= 0.3 is 0 Å². The molecule has 17 heavy (non-hydrogen) atoms. The molecule has 3 heteroatoms. The van der Waals surface area contributed by atoms with Crippen LogP contribution >= 0.6 is 0 Å². The van der Waals surface area contributed by atoms with Crippen LogP contribution in [0, 0.1) is 0 Å². The summed E-state index contributed by atoms with van der Waals surface area (Å²) < 4.78 is 6.57. The molecule has 0 radical (unpaired) electrons. The third-order valence-electron chi connectivity index (χ3n) is 2.50. The monoisotopic (exact) mass is 236 g/mol. The van der Waals surface area contributed by atoms with Crippen molar-refractivity contribution < 1.29 is 14.0 Å². The van der Waals surface area contributed by atoms with Gasteiger partial charge in [0.1, 0.15) is 5.75 Å². The molecule has 0 bridgehead atoms. The van der Waals surface area contributed by atoms with Crippen LogP contribution in [0.15, 0.2) is 24.3 Å². The third kappa shape index (κ3) is 5.50. The van der Waals surface area contributed by atoms with Crippen LogP contribution in [0.1, 0.15) is 23.7 Å². The first-order chi connectivity index (χ1) is 7.88. The Morgan fingerprint density at radius 1 is 1.18 bits per heavy atom. The largest absolute Gasteiger partial charge is 0.493 e. The number of Topliss-reactive ketones (excluding diaryl/α,β-unsaturated/α-hetero) is 1. The molecule has 0 heterocycles. The fraction of sp³-hybridized carbons (Fsp3) is 0.500. The number of hydrogen-bond acceptors (Lipinski definition) is 2. The highest BCUT2D eigenvalue weighted by Gasteiger charge is 2.06. The number of carbonyl (C=O) groups excluding carboxylic acids is 1. The smallest absolute Gasteiger partial charge is 0.159 e. The third-order valence-corrected chi connectivity index (χ3v) is 2.50. The average molecular weight is 236 g/mol. The summed E-state index contributed by atoms with van der Waals surface area (Å²) in [7, 11) is 6.50. The molecule has 1 aromatic carbocycles. The van der Waals surface area contributed by atoms with E-state index in [-0.39, 0.29) is 5.78 Å². The van der Waals surface area contributed by atoms with E-state index in [0.717, 1.165) is 35.4 Å². The van der Waals surface area contributed by atoms with Crippen LogP contribution in [0.25, 0.3) is 0 Å². The van der Waals surface area contributed by atoms with E-state index >= 15 is 0 Å². The van der Waals surface area contributed by atoms with Crippen molar-refractivity contribution in [2.45, 2.75) is 13.3 Å². The van der Waals surface area contributed by atoms with E-state index < -0.39 is 0 Å². The number of nitrogens with zero attached hydrogens (tertiary/aromatic N) is 1. The Balaban J connectivity index is 2.35. The van der Waals surface area contributed by atoms with Crippen molar-refractivity contribution in [2.24, 2.45) is 0 Å². The van der Waals surface area contributed by atoms with E-state index in [1.807, 2.05) is 12.1 Å². The minimum Gasteiger partial charge on any atom is -0.493 e. The number of benzene rings is 1. The molecule has 0 unspecified atom stereocenters. The van der Waals surface area contributed by atoms with Gasteiger partial charge in [-0.25, -0.2) is 0 Å². The van der Waals surface area contributed by atoms with Crippen molar-refractivity contribution in [1.82, 2.24) is 0 Å². The van der Waals surface area contributed by atoms with Gasteiger partial charge in [-0.3, -0.25) is 4.79 Å². The minimum absolute atomic E-state index is 0.0848. The highest BCUT2D eigenvalue weighted by atomic mass is 16.5. The molecule has 3 nitrogen and oxygen atoms in total. The Bertz CT molecular complexity index is 363. The lowest BCUT2D eigenvalue weighted by atomic mass is 10.1. The van der Waals surface area contributed by atoms with Gasteiger partial charge in [0.25, 0.3) is 0 Å². The Morgan fingerprint density at radius 3 is 2.24 bits per heavy atom.